The van der Waals surface area contributed by atoms with Crippen LogP contribution in [0.5, 0.6) is 11.5 Å². The van der Waals surface area contributed by atoms with Crippen LogP contribution in [-0.4, -0.2) is 28.6 Å². The predicted molar refractivity (Wildman–Crippen MR) is 94.7 cm³/mol. The second-order valence-corrected chi connectivity index (χ2v) is 5.36. The van der Waals surface area contributed by atoms with E-state index in [1.54, 1.807) is 25.3 Å². The van der Waals surface area contributed by atoms with Crippen molar-refractivity contribution in [2.24, 2.45) is 15.4 Å². The second-order valence-electron chi connectivity index (χ2n) is 5.36. The summed E-state index contributed by atoms with van der Waals surface area (Å²) >= 11 is 0. The number of phenolic OH excluding ortho intramolecular Hbond substituents is 1. The first-order valence-corrected chi connectivity index (χ1v) is 7.49. The number of methoxy groups -OCH3 is 1. The lowest BCUT2D eigenvalue weighted by Gasteiger charge is -2.06. The summed E-state index contributed by atoms with van der Waals surface area (Å²) in [6, 6.07) is 12.2. The minimum Gasteiger partial charge on any atom is -0.506 e. The molecule has 0 aliphatic heterocycles. The smallest absolute Gasteiger partial charge is 0.146 e. The number of benzene rings is 2. The summed E-state index contributed by atoms with van der Waals surface area (Å²) < 4.78 is 5.29. The van der Waals surface area contributed by atoms with E-state index in [-0.39, 0.29) is 5.75 Å². The van der Waals surface area contributed by atoms with Crippen molar-refractivity contribution in [1.29, 1.82) is 0 Å². The number of fused-ring (bicyclic) bond motifs is 1. The number of nitrogens with zero attached hydrogens (tertiary/aromatic N) is 4. The van der Waals surface area contributed by atoms with E-state index in [9.17, 15) is 5.11 Å². The third-order valence-electron chi connectivity index (χ3n) is 3.62. The van der Waals surface area contributed by atoms with Crippen molar-refractivity contribution in [2.45, 2.75) is 6.92 Å². The topological polar surface area (TPSA) is 99.7 Å². The Bertz CT molecular complexity index is 983. The van der Waals surface area contributed by atoms with Gasteiger partial charge >= 0.3 is 0 Å². The van der Waals surface area contributed by atoms with Gasteiger partial charge in [-0.25, -0.2) is 4.98 Å². The van der Waals surface area contributed by atoms with Crippen molar-refractivity contribution in [3.63, 3.8) is 0 Å². The van der Waals surface area contributed by atoms with Gasteiger partial charge in [-0.05, 0) is 48.9 Å². The summed E-state index contributed by atoms with van der Waals surface area (Å²) in [4.78, 5) is 4.24. The summed E-state index contributed by atoms with van der Waals surface area (Å²) in [6.45, 7) is 1.96. The molecule has 0 unspecified atom stereocenters. The number of hydrogen-bond donors (Lipinski definition) is 2. The number of phenols is 1. The van der Waals surface area contributed by atoms with Gasteiger partial charge in [0.05, 0.1) is 24.7 Å². The van der Waals surface area contributed by atoms with Crippen LogP contribution < -0.4 is 4.74 Å². The Kier molecular flexibility index (Phi) is 4.56. The molecule has 0 bridgehead atoms. The Hall–Kier alpha value is -3.48. The Balaban J connectivity index is 2.08. The third kappa shape index (κ3) is 3.40. The minimum atomic E-state index is 0.00951. The second kappa shape index (κ2) is 6.96. The first-order chi connectivity index (χ1) is 12.1. The van der Waals surface area contributed by atoms with Crippen molar-refractivity contribution >= 4 is 28.5 Å². The van der Waals surface area contributed by atoms with Crippen LogP contribution in [0, 0.1) is 6.92 Å². The largest absolute Gasteiger partial charge is 0.506 e. The lowest BCUT2D eigenvalue weighted by atomic mass is 10.1. The van der Waals surface area contributed by atoms with E-state index in [1.165, 1.54) is 12.3 Å². The fourth-order valence-corrected chi connectivity index (χ4v) is 2.41. The zero-order valence-electron chi connectivity index (χ0n) is 13.7. The predicted octanol–water partition coefficient (Wildman–Crippen LogP) is 4.48. The van der Waals surface area contributed by atoms with Gasteiger partial charge in [-0.2, -0.15) is 0 Å². The maximum atomic E-state index is 10.0. The summed E-state index contributed by atoms with van der Waals surface area (Å²) in [6.07, 6.45) is 1.19. The number of oxime groups is 1. The highest BCUT2D eigenvalue weighted by Gasteiger charge is 2.08. The maximum Gasteiger partial charge on any atom is 0.146 e. The van der Waals surface area contributed by atoms with E-state index >= 15 is 0 Å². The molecule has 0 fully saturated rings. The normalized spacial score (nSPS) is 11.6. The highest BCUT2D eigenvalue weighted by Crippen LogP contribution is 2.34. The van der Waals surface area contributed by atoms with Crippen LogP contribution in [-0.2, 0) is 0 Å². The van der Waals surface area contributed by atoms with Crippen LogP contribution in [0.25, 0.3) is 10.9 Å². The molecule has 0 radical (unpaired) electrons. The van der Waals surface area contributed by atoms with E-state index in [4.69, 9.17) is 9.94 Å². The van der Waals surface area contributed by atoms with Crippen molar-refractivity contribution in [1.82, 2.24) is 4.98 Å². The average molecular weight is 336 g/mol. The lowest BCUT2D eigenvalue weighted by molar-refractivity contribution is 0.321. The lowest BCUT2D eigenvalue weighted by Crippen LogP contribution is -1.89. The fourth-order valence-electron chi connectivity index (χ4n) is 2.41. The van der Waals surface area contributed by atoms with Gasteiger partial charge in [0.1, 0.15) is 22.7 Å². The molecule has 7 nitrogen and oxygen atoms in total. The number of aromatic hydroxyl groups is 1. The number of aryl methyl sites for hydroxylation is 1. The summed E-state index contributed by atoms with van der Waals surface area (Å²) in [5, 5.41) is 30.8. The summed E-state index contributed by atoms with van der Waals surface area (Å²) in [5.74, 6) is 0.632. The van der Waals surface area contributed by atoms with Gasteiger partial charge in [0, 0.05) is 5.39 Å². The number of azo groups is 1. The molecule has 7 heteroatoms. The molecule has 126 valence electrons. The van der Waals surface area contributed by atoms with E-state index in [0.29, 0.717) is 33.7 Å². The van der Waals surface area contributed by atoms with Crippen molar-refractivity contribution in [3.05, 3.63) is 53.7 Å². The van der Waals surface area contributed by atoms with Crippen LogP contribution in [0.1, 0.15) is 11.3 Å². The molecule has 0 aliphatic carbocycles. The Morgan fingerprint density at radius 1 is 1.04 bits per heavy atom. The van der Waals surface area contributed by atoms with Crippen molar-refractivity contribution in [2.75, 3.05) is 7.11 Å². The molecule has 3 rings (SSSR count). The molecule has 0 saturated heterocycles. The van der Waals surface area contributed by atoms with Gasteiger partial charge in [-0.1, -0.05) is 11.2 Å². The Morgan fingerprint density at radius 3 is 2.60 bits per heavy atom. The SMILES string of the molecule is COc1ccc(C)cc1/N=N/c1ccc(O)c2nc(/C=N/O)ccc12. The fraction of sp³-hybridized carbons (Fsp3) is 0.111. The minimum absolute atomic E-state index is 0.00951. The number of hydrogen-bond acceptors (Lipinski definition) is 7. The quantitative estimate of drug-likeness (QED) is 0.317. The van der Waals surface area contributed by atoms with Crippen molar-refractivity contribution < 1.29 is 15.1 Å². The third-order valence-corrected chi connectivity index (χ3v) is 3.62. The molecule has 0 atom stereocenters. The van der Waals surface area contributed by atoms with Gasteiger partial charge < -0.3 is 15.1 Å². The number of aromatic nitrogens is 1. The monoisotopic (exact) mass is 336 g/mol. The maximum absolute atomic E-state index is 10.0. The molecular formula is C18H16N4O3. The number of ether oxygens (including phenoxy) is 1. The van der Waals surface area contributed by atoms with Gasteiger partial charge in [0.2, 0.25) is 0 Å². The Morgan fingerprint density at radius 2 is 1.84 bits per heavy atom. The Labute approximate surface area is 143 Å². The first-order valence-electron chi connectivity index (χ1n) is 7.49. The highest BCUT2D eigenvalue weighted by atomic mass is 16.5. The van der Waals surface area contributed by atoms with E-state index in [0.717, 1.165) is 5.56 Å². The summed E-state index contributed by atoms with van der Waals surface area (Å²) in [5.41, 5.74) is 2.97. The average Bonchev–Trinajstić information content (AvgIpc) is 2.62. The van der Waals surface area contributed by atoms with Gasteiger partial charge in [0.25, 0.3) is 0 Å². The van der Waals surface area contributed by atoms with Crippen LogP contribution >= 0.6 is 0 Å². The molecule has 0 aliphatic rings. The first kappa shape index (κ1) is 16.4. The van der Waals surface area contributed by atoms with Crippen molar-refractivity contribution in [3.8, 4) is 11.5 Å². The molecule has 0 saturated carbocycles. The zero-order chi connectivity index (χ0) is 17.8. The standard InChI is InChI=1S/C18H16N4O3/c1-11-3-8-17(25-2)15(9-11)22-21-14-6-7-16(23)18-13(14)5-4-12(20-18)10-19-24/h3-10,23-24H,1-2H3/b19-10+,22-21+. The van der Waals surface area contributed by atoms with Gasteiger partial charge in [-0.3, -0.25) is 0 Å². The number of pyridine rings is 1. The van der Waals surface area contributed by atoms with E-state index in [2.05, 4.69) is 20.4 Å². The zero-order valence-corrected chi connectivity index (χ0v) is 13.7. The highest BCUT2D eigenvalue weighted by molar-refractivity contribution is 5.95. The molecule has 3 aromatic rings. The molecule has 1 aromatic heterocycles. The molecule has 25 heavy (non-hydrogen) atoms. The molecule has 0 spiro atoms. The summed E-state index contributed by atoms with van der Waals surface area (Å²) in [7, 11) is 1.58. The molecular weight excluding hydrogens is 320 g/mol. The molecule has 1 heterocycles. The van der Waals surface area contributed by atoms with Gasteiger partial charge in [-0.15, -0.1) is 10.2 Å². The van der Waals surface area contributed by atoms with Crippen LogP contribution in [0.15, 0.2) is 57.8 Å². The molecule has 0 amide bonds. The van der Waals surface area contributed by atoms with Crippen LogP contribution in [0.4, 0.5) is 11.4 Å². The number of rotatable bonds is 4. The van der Waals surface area contributed by atoms with Crippen LogP contribution in [0.2, 0.25) is 0 Å². The van der Waals surface area contributed by atoms with Gasteiger partial charge in [0.15, 0.2) is 0 Å². The van der Waals surface area contributed by atoms with E-state index in [1.807, 2.05) is 25.1 Å². The molecule has 2 aromatic carbocycles. The van der Waals surface area contributed by atoms with Crippen LogP contribution in [0.3, 0.4) is 0 Å². The van der Waals surface area contributed by atoms with E-state index < -0.39 is 0 Å². The molecule has 2 N–H and O–H groups in total.